The van der Waals surface area contributed by atoms with Gasteiger partial charge in [-0.05, 0) is 60.7 Å². The molecule has 1 saturated heterocycles. The molecule has 1 aliphatic rings. The van der Waals surface area contributed by atoms with E-state index in [4.69, 9.17) is 23.2 Å². The summed E-state index contributed by atoms with van der Waals surface area (Å²) in [5.41, 5.74) is 1.41. The van der Waals surface area contributed by atoms with Gasteiger partial charge in [-0.3, -0.25) is 9.52 Å². The van der Waals surface area contributed by atoms with Crippen LogP contribution in [0.3, 0.4) is 0 Å². The molecule has 33 heavy (non-hydrogen) atoms. The monoisotopic (exact) mass is 505 g/mol. The minimum Gasteiger partial charge on any atom is -0.508 e. The van der Waals surface area contributed by atoms with Crippen molar-refractivity contribution in [1.82, 2.24) is 4.90 Å². The van der Waals surface area contributed by atoms with Gasteiger partial charge in [0.25, 0.3) is 15.9 Å². The van der Waals surface area contributed by atoms with Crippen molar-refractivity contribution in [2.24, 2.45) is 0 Å². The lowest BCUT2D eigenvalue weighted by molar-refractivity contribution is 0.0746. The second-order valence-electron chi connectivity index (χ2n) is 7.55. The number of benzene rings is 3. The van der Waals surface area contributed by atoms with Crippen LogP contribution in [-0.2, 0) is 10.0 Å². The van der Waals surface area contributed by atoms with Crippen molar-refractivity contribution in [3.05, 3.63) is 82.3 Å². The number of nitrogens with one attached hydrogen (secondary N) is 1. The summed E-state index contributed by atoms with van der Waals surface area (Å²) in [4.78, 5) is 16.8. The van der Waals surface area contributed by atoms with Crippen molar-refractivity contribution in [3.8, 4) is 5.75 Å². The molecule has 0 radical (unpaired) electrons. The van der Waals surface area contributed by atoms with Crippen LogP contribution >= 0.6 is 23.2 Å². The van der Waals surface area contributed by atoms with Crippen molar-refractivity contribution in [2.45, 2.75) is 4.90 Å². The van der Waals surface area contributed by atoms with Gasteiger partial charge < -0.3 is 14.9 Å². The summed E-state index contributed by atoms with van der Waals surface area (Å²) < 4.78 is 28.2. The van der Waals surface area contributed by atoms with E-state index in [-0.39, 0.29) is 32.8 Å². The largest absolute Gasteiger partial charge is 0.508 e. The highest BCUT2D eigenvalue weighted by atomic mass is 35.5. The molecule has 2 N–H and O–H groups in total. The summed E-state index contributed by atoms with van der Waals surface area (Å²) >= 11 is 12.0. The van der Waals surface area contributed by atoms with Gasteiger partial charge in [-0.1, -0.05) is 29.3 Å². The number of phenols is 1. The number of aromatic hydroxyl groups is 1. The molecule has 0 saturated carbocycles. The molecule has 172 valence electrons. The van der Waals surface area contributed by atoms with E-state index in [1.807, 2.05) is 12.1 Å². The second-order valence-corrected chi connectivity index (χ2v) is 10.1. The van der Waals surface area contributed by atoms with Gasteiger partial charge in [-0.2, -0.15) is 0 Å². The molecule has 1 aliphatic heterocycles. The standard InChI is InChI=1S/C23H21Cl2N3O4S/c24-17-4-9-21(25)22(15-17)26-33(31,32)20-3-1-2-16(14-20)23(30)28-12-10-27(11-13-28)18-5-7-19(29)8-6-18/h1-9,14-15,26,29H,10-13H2. The SMILES string of the molecule is O=C(c1cccc(S(=O)(=O)Nc2cc(Cl)ccc2Cl)c1)N1CCN(c2ccc(O)cc2)CC1. The minimum absolute atomic E-state index is 0.0490. The summed E-state index contributed by atoms with van der Waals surface area (Å²) in [7, 11) is -3.98. The van der Waals surface area contributed by atoms with Gasteiger partial charge in [0.2, 0.25) is 0 Å². The molecule has 1 fully saturated rings. The molecule has 10 heteroatoms. The van der Waals surface area contributed by atoms with Crippen LogP contribution in [0.2, 0.25) is 10.0 Å². The maximum absolute atomic E-state index is 13.0. The fourth-order valence-electron chi connectivity index (χ4n) is 3.59. The first-order chi connectivity index (χ1) is 15.7. The average Bonchev–Trinajstić information content (AvgIpc) is 2.81. The van der Waals surface area contributed by atoms with Gasteiger partial charge in [0.1, 0.15) is 5.75 Å². The van der Waals surface area contributed by atoms with Crippen LogP contribution in [-0.4, -0.2) is 50.5 Å². The fourth-order valence-corrected chi connectivity index (χ4v) is 5.10. The predicted octanol–water partition coefficient (Wildman–Crippen LogP) is 4.46. The number of phenolic OH excluding ortho intramolecular Hbond substituents is 1. The lowest BCUT2D eigenvalue weighted by Crippen LogP contribution is -2.48. The molecule has 4 rings (SSSR count). The molecule has 1 amide bonds. The number of amides is 1. The molecule has 3 aromatic carbocycles. The maximum atomic E-state index is 13.0. The first-order valence-corrected chi connectivity index (χ1v) is 12.4. The Morgan fingerprint density at radius 2 is 1.61 bits per heavy atom. The number of hydrogen-bond donors (Lipinski definition) is 2. The Labute approximate surface area is 202 Å². The molecule has 0 unspecified atom stereocenters. The molecule has 3 aromatic rings. The minimum atomic E-state index is -3.98. The van der Waals surface area contributed by atoms with Crippen LogP contribution in [0.5, 0.6) is 5.75 Å². The van der Waals surface area contributed by atoms with Crippen molar-refractivity contribution < 1.29 is 18.3 Å². The van der Waals surface area contributed by atoms with Crippen molar-refractivity contribution in [3.63, 3.8) is 0 Å². The zero-order valence-electron chi connectivity index (χ0n) is 17.4. The predicted molar refractivity (Wildman–Crippen MR) is 130 cm³/mol. The molecular weight excluding hydrogens is 485 g/mol. The van der Waals surface area contributed by atoms with Gasteiger partial charge in [0, 0.05) is 42.5 Å². The number of rotatable bonds is 5. The Morgan fingerprint density at radius 3 is 2.30 bits per heavy atom. The normalized spacial score (nSPS) is 14.2. The summed E-state index contributed by atoms with van der Waals surface area (Å²) in [6.07, 6.45) is 0. The third-order valence-electron chi connectivity index (χ3n) is 5.35. The maximum Gasteiger partial charge on any atom is 0.261 e. The Balaban J connectivity index is 1.46. The van der Waals surface area contributed by atoms with E-state index in [0.717, 1.165) is 5.69 Å². The quantitative estimate of drug-likeness (QED) is 0.534. The van der Waals surface area contributed by atoms with Crippen molar-refractivity contribution in [2.75, 3.05) is 35.8 Å². The Bertz CT molecular complexity index is 1280. The van der Waals surface area contributed by atoms with E-state index in [9.17, 15) is 18.3 Å². The lowest BCUT2D eigenvalue weighted by atomic mass is 10.1. The third-order valence-corrected chi connectivity index (χ3v) is 7.27. The smallest absolute Gasteiger partial charge is 0.261 e. The second kappa shape index (κ2) is 9.51. The van der Waals surface area contributed by atoms with Gasteiger partial charge in [-0.15, -0.1) is 0 Å². The van der Waals surface area contributed by atoms with Crippen molar-refractivity contribution in [1.29, 1.82) is 0 Å². The van der Waals surface area contributed by atoms with E-state index >= 15 is 0 Å². The summed E-state index contributed by atoms with van der Waals surface area (Å²) in [5.74, 6) is -0.0345. The molecule has 0 bridgehead atoms. The fraction of sp³-hybridized carbons (Fsp3) is 0.174. The molecule has 0 atom stereocenters. The van der Waals surface area contributed by atoms with Crippen LogP contribution in [0.15, 0.2) is 71.6 Å². The number of piperazine rings is 1. The molecule has 0 aliphatic carbocycles. The van der Waals surface area contributed by atoms with Crippen LogP contribution in [0.25, 0.3) is 0 Å². The topological polar surface area (TPSA) is 90.0 Å². The molecular formula is C23H21Cl2N3O4S. The number of sulfonamides is 1. The first kappa shape index (κ1) is 23.2. The molecule has 1 heterocycles. The average molecular weight is 506 g/mol. The van der Waals surface area contributed by atoms with E-state index in [1.165, 1.54) is 30.3 Å². The Morgan fingerprint density at radius 1 is 0.909 bits per heavy atom. The first-order valence-electron chi connectivity index (χ1n) is 10.1. The number of hydrogen-bond acceptors (Lipinski definition) is 5. The zero-order valence-corrected chi connectivity index (χ0v) is 19.7. The highest BCUT2D eigenvalue weighted by molar-refractivity contribution is 7.92. The summed E-state index contributed by atoms with van der Waals surface area (Å²) in [5, 5.41) is 10.0. The Hall–Kier alpha value is -2.94. The molecule has 7 nitrogen and oxygen atoms in total. The van der Waals surface area contributed by atoms with Gasteiger partial charge in [0.15, 0.2) is 0 Å². The number of carbonyl (C=O) groups excluding carboxylic acids is 1. The Kier molecular flexibility index (Phi) is 6.69. The zero-order chi connectivity index (χ0) is 23.6. The third kappa shape index (κ3) is 5.35. The number of anilines is 2. The van der Waals surface area contributed by atoms with Crippen LogP contribution in [0, 0.1) is 0 Å². The molecule has 0 aromatic heterocycles. The van der Waals surface area contributed by atoms with E-state index in [2.05, 4.69) is 9.62 Å². The highest BCUT2D eigenvalue weighted by Crippen LogP contribution is 2.28. The highest BCUT2D eigenvalue weighted by Gasteiger charge is 2.24. The van der Waals surface area contributed by atoms with Crippen LogP contribution in [0.4, 0.5) is 11.4 Å². The number of carbonyl (C=O) groups is 1. The van der Waals surface area contributed by atoms with E-state index in [0.29, 0.717) is 31.2 Å². The summed E-state index contributed by atoms with van der Waals surface area (Å²) in [6.45, 7) is 2.24. The number of halogens is 2. The van der Waals surface area contributed by atoms with E-state index in [1.54, 1.807) is 29.2 Å². The number of nitrogens with zero attached hydrogens (tertiary/aromatic N) is 2. The van der Waals surface area contributed by atoms with Gasteiger partial charge >= 0.3 is 0 Å². The van der Waals surface area contributed by atoms with Crippen LogP contribution < -0.4 is 9.62 Å². The van der Waals surface area contributed by atoms with E-state index < -0.39 is 10.0 Å². The summed E-state index contributed by atoms with van der Waals surface area (Å²) in [6, 6.07) is 17.3. The van der Waals surface area contributed by atoms with Gasteiger partial charge in [0.05, 0.1) is 15.6 Å². The lowest BCUT2D eigenvalue weighted by Gasteiger charge is -2.36. The molecule has 0 spiro atoms. The van der Waals surface area contributed by atoms with Crippen molar-refractivity contribution >= 4 is 50.5 Å². The van der Waals surface area contributed by atoms with Gasteiger partial charge in [-0.25, -0.2) is 8.42 Å². The van der Waals surface area contributed by atoms with Crippen LogP contribution in [0.1, 0.15) is 10.4 Å².